The van der Waals surface area contributed by atoms with Gasteiger partial charge in [0.05, 0.1) is 17.2 Å². The molecular formula is C22H17N5O. The van der Waals surface area contributed by atoms with Crippen LogP contribution in [0.3, 0.4) is 0 Å². The number of hydrogen-bond donors (Lipinski definition) is 3. The highest BCUT2D eigenvalue weighted by molar-refractivity contribution is 6.17. The van der Waals surface area contributed by atoms with Gasteiger partial charge in [0.15, 0.2) is 0 Å². The standard InChI is InChI=1S/C22H17N5O/c1-13-6-9-16-20(10-13)26-27-21(16)22(28)17-4-2-3-5-18(17)24-15-8-7-14-12-23-25-19(14)11-15/h2-12,24H,1H3,(H,23,25)(H,26,27). The molecule has 136 valence electrons. The van der Waals surface area contributed by atoms with Crippen LogP contribution >= 0.6 is 0 Å². The first-order valence-corrected chi connectivity index (χ1v) is 8.98. The summed E-state index contributed by atoms with van der Waals surface area (Å²) < 4.78 is 0. The van der Waals surface area contributed by atoms with Crippen LogP contribution in [0, 0.1) is 6.92 Å². The Balaban J connectivity index is 1.54. The summed E-state index contributed by atoms with van der Waals surface area (Å²) in [7, 11) is 0. The highest BCUT2D eigenvalue weighted by atomic mass is 16.1. The van der Waals surface area contributed by atoms with E-state index in [4.69, 9.17) is 0 Å². The van der Waals surface area contributed by atoms with Crippen LogP contribution in [0.4, 0.5) is 11.4 Å². The van der Waals surface area contributed by atoms with E-state index in [1.165, 1.54) is 0 Å². The number of hydrogen-bond acceptors (Lipinski definition) is 4. The molecule has 3 N–H and O–H groups in total. The molecule has 0 radical (unpaired) electrons. The van der Waals surface area contributed by atoms with E-state index in [0.29, 0.717) is 11.3 Å². The average molecular weight is 367 g/mol. The second-order valence-electron chi connectivity index (χ2n) is 6.79. The number of carbonyl (C=O) groups is 1. The molecule has 5 rings (SSSR count). The van der Waals surface area contributed by atoms with Gasteiger partial charge in [0.1, 0.15) is 5.69 Å². The van der Waals surface area contributed by atoms with Gasteiger partial charge in [-0.15, -0.1) is 0 Å². The molecule has 5 aromatic rings. The van der Waals surface area contributed by atoms with Crippen LogP contribution in [-0.2, 0) is 0 Å². The second kappa shape index (κ2) is 6.35. The monoisotopic (exact) mass is 367 g/mol. The Morgan fingerprint density at radius 1 is 0.964 bits per heavy atom. The molecule has 6 heteroatoms. The molecule has 0 spiro atoms. The lowest BCUT2D eigenvalue weighted by Crippen LogP contribution is -2.06. The number of fused-ring (bicyclic) bond motifs is 2. The molecule has 0 fully saturated rings. The maximum Gasteiger partial charge on any atom is 0.215 e. The lowest BCUT2D eigenvalue weighted by Gasteiger charge is -2.11. The first kappa shape index (κ1) is 16.3. The Labute approximate surface area is 160 Å². The summed E-state index contributed by atoms with van der Waals surface area (Å²) in [5.74, 6) is -0.124. The van der Waals surface area contributed by atoms with Gasteiger partial charge in [-0.05, 0) is 48.9 Å². The largest absolute Gasteiger partial charge is 0.355 e. The zero-order chi connectivity index (χ0) is 19.1. The molecule has 0 aliphatic carbocycles. The highest BCUT2D eigenvalue weighted by Gasteiger charge is 2.19. The van der Waals surface area contributed by atoms with Gasteiger partial charge in [-0.2, -0.15) is 10.2 Å². The summed E-state index contributed by atoms with van der Waals surface area (Å²) >= 11 is 0. The molecule has 0 amide bonds. The number of rotatable bonds is 4. The van der Waals surface area contributed by atoms with E-state index in [1.54, 1.807) is 6.20 Å². The number of para-hydroxylation sites is 1. The molecule has 2 aromatic heterocycles. The molecule has 6 nitrogen and oxygen atoms in total. The summed E-state index contributed by atoms with van der Waals surface area (Å²) in [6, 6.07) is 19.3. The summed E-state index contributed by atoms with van der Waals surface area (Å²) in [6.45, 7) is 2.01. The number of aryl methyl sites for hydroxylation is 1. The Morgan fingerprint density at radius 2 is 1.86 bits per heavy atom. The molecule has 28 heavy (non-hydrogen) atoms. The smallest absolute Gasteiger partial charge is 0.215 e. The molecule has 0 bridgehead atoms. The van der Waals surface area contributed by atoms with Crippen molar-refractivity contribution in [3.63, 3.8) is 0 Å². The number of ketones is 1. The second-order valence-corrected chi connectivity index (χ2v) is 6.79. The number of nitrogens with one attached hydrogen (secondary N) is 3. The highest BCUT2D eigenvalue weighted by Crippen LogP contribution is 2.27. The fourth-order valence-electron chi connectivity index (χ4n) is 3.39. The van der Waals surface area contributed by atoms with Crippen LogP contribution in [-0.4, -0.2) is 26.2 Å². The maximum absolute atomic E-state index is 13.2. The summed E-state index contributed by atoms with van der Waals surface area (Å²) in [5.41, 5.74) is 5.51. The van der Waals surface area contributed by atoms with E-state index in [1.807, 2.05) is 67.6 Å². The van der Waals surface area contributed by atoms with Crippen molar-refractivity contribution in [2.75, 3.05) is 5.32 Å². The van der Waals surface area contributed by atoms with E-state index in [9.17, 15) is 4.79 Å². The molecule has 0 saturated carbocycles. The number of anilines is 2. The maximum atomic E-state index is 13.2. The predicted molar refractivity (Wildman–Crippen MR) is 110 cm³/mol. The third-order valence-corrected chi connectivity index (χ3v) is 4.83. The molecule has 0 unspecified atom stereocenters. The van der Waals surface area contributed by atoms with E-state index in [2.05, 4.69) is 25.7 Å². The van der Waals surface area contributed by atoms with E-state index in [-0.39, 0.29) is 5.78 Å². The number of benzene rings is 3. The number of nitrogens with zero attached hydrogens (tertiary/aromatic N) is 2. The molecule has 0 aliphatic rings. The topological polar surface area (TPSA) is 86.5 Å². The zero-order valence-electron chi connectivity index (χ0n) is 15.2. The number of aromatic nitrogens is 4. The van der Waals surface area contributed by atoms with Crippen molar-refractivity contribution in [2.45, 2.75) is 6.92 Å². The van der Waals surface area contributed by atoms with Gasteiger partial charge in [-0.1, -0.05) is 24.3 Å². The van der Waals surface area contributed by atoms with Gasteiger partial charge in [0.25, 0.3) is 0 Å². The van der Waals surface area contributed by atoms with Crippen LogP contribution in [0.1, 0.15) is 21.6 Å². The first-order valence-electron chi connectivity index (χ1n) is 8.98. The molecular weight excluding hydrogens is 350 g/mol. The SMILES string of the molecule is Cc1ccc2c(C(=O)c3ccccc3Nc3ccc4cn[nH]c4c3)n[nH]c2c1. The van der Waals surface area contributed by atoms with Crippen LogP contribution in [0.25, 0.3) is 21.8 Å². The van der Waals surface area contributed by atoms with E-state index < -0.39 is 0 Å². The molecule has 0 saturated heterocycles. The molecule has 0 atom stereocenters. The number of H-pyrrole nitrogens is 2. The van der Waals surface area contributed by atoms with Gasteiger partial charge in [0.2, 0.25) is 5.78 Å². The Bertz CT molecular complexity index is 1330. The average Bonchev–Trinajstić information content (AvgIpc) is 3.34. The third-order valence-electron chi connectivity index (χ3n) is 4.83. The van der Waals surface area contributed by atoms with Gasteiger partial charge in [0, 0.05) is 27.7 Å². The lowest BCUT2D eigenvalue weighted by molar-refractivity contribution is 0.103. The Morgan fingerprint density at radius 3 is 2.79 bits per heavy atom. The first-order chi connectivity index (χ1) is 13.7. The quantitative estimate of drug-likeness (QED) is 0.401. The Hall–Kier alpha value is -3.93. The van der Waals surface area contributed by atoms with Crippen molar-refractivity contribution in [3.05, 3.63) is 83.7 Å². The normalized spacial score (nSPS) is 11.2. The number of carbonyl (C=O) groups excluding carboxylic acids is 1. The summed E-state index contributed by atoms with van der Waals surface area (Å²) in [4.78, 5) is 13.2. The lowest BCUT2D eigenvalue weighted by atomic mass is 10.0. The molecule has 0 aliphatic heterocycles. The molecule has 2 heterocycles. The van der Waals surface area contributed by atoms with Crippen molar-refractivity contribution in [1.82, 2.24) is 20.4 Å². The third kappa shape index (κ3) is 2.72. The summed E-state index contributed by atoms with van der Waals surface area (Å²) in [5, 5.41) is 19.5. The zero-order valence-corrected chi connectivity index (χ0v) is 15.2. The van der Waals surface area contributed by atoms with Crippen LogP contribution in [0.15, 0.2) is 66.9 Å². The predicted octanol–water partition coefficient (Wildman–Crippen LogP) is 4.72. The van der Waals surface area contributed by atoms with Crippen LogP contribution < -0.4 is 5.32 Å². The van der Waals surface area contributed by atoms with Gasteiger partial charge >= 0.3 is 0 Å². The van der Waals surface area contributed by atoms with Crippen LogP contribution in [0.2, 0.25) is 0 Å². The van der Waals surface area contributed by atoms with Crippen molar-refractivity contribution in [1.29, 1.82) is 0 Å². The fraction of sp³-hybridized carbons (Fsp3) is 0.0455. The Kier molecular flexibility index (Phi) is 3.69. The van der Waals surface area contributed by atoms with Crippen molar-refractivity contribution in [3.8, 4) is 0 Å². The number of aromatic amines is 2. The molecule has 3 aromatic carbocycles. The minimum absolute atomic E-state index is 0.124. The van der Waals surface area contributed by atoms with Crippen molar-refractivity contribution in [2.24, 2.45) is 0 Å². The minimum atomic E-state index is -0.124. The van der Waals surface area contributed by atoms with Gasteiger partial charge in [-0.25, -0.2) is 0 Å². The van der Waals surface area contributed by atoms with Gasteiger partial charge < -0.3 is 5.32 Å². The van der Waals surface area contributed by atoms with Crippen LogP contribution in [0.5, 0.6) is 0 Å². The summed E-state index contributed by atoms with van der Waals surface area (Å²) in [6.07, 6.45) is 1.78. The van der Waals surface area contributed by atoms with Crippen molar-refractivity contribution < 1.29 is 4.79 Å². The van der Waals surface area contributed by atoms with Crippen molar-refractivity contribution >= 4 is 39.0 Å². The van der Waals surface area contributed by atoms with Gasteiger partial charge in [-0.3, -0.25) is 15.0 Å². The fourth-order valence-corrected chi connectivity index (χ4v) is 3.39. The van der Waals surface area contributed by atoms with E-state index >= 15 is 0 Å². The minimum Gasteiger partial charge on any atom is -0.355 e. The van der Waals surface area contributed by atoms with E-state index in [0.717, 1.165) is 38.7 Å².